The van der Waals surface area contributed by atoms with Crippen LogP contribution in [0.15, 0.2) is 46.9 Å². The van der Waals surface area contributed by atoms with Gasteiger partial charge in [-0.3, -0.25) is 0 Å². The highest BCUT2D eigenvalue weighted by Crippen LogP contribution is 2.25. The first-order chi connectivity index (χ1) is 8.56. The molecule has 4 heteroatoms. The molecule has 0 aliphatic rings. The number of hydrogen-bond donors (Lipinski definition) is 1. The van der Waals surface area contributed by atoms with Crippen molar-refractivity contribution >= 4 is 33.2 Å². The molecule has 2 aromatic carbocycles. The molecule has 94 valence electrons. The van der Waals surface area contributed by atoms with E-state index < -0.39 is 0 Å². The monoisotopic (exact) mass is 327 g/mol. The molecule has 1 nitrogen and oxygen atoms in total. The van der Waals surface area contributed by atoms with Crippen LogP contribution in [0, 0.1) is 5.82 Å². The van der Waals surface area contributed by atoms with Crippen LogP contribution in [0.5, 0.6) is 0 Å². The summed E-state index contributed by atoms with van der Waals surface area (Å²) < 4.78 is 13.6. The van der Waals surface area contributed by atoms with Crippen molar-refractivity contribution in [2.24, 2.45) is 0 Å². The van der Waals surface area contributed by atoms with Gasteiger partial charge in [0.1, 0.15) is 5.82 Å². The molecule has 18 heavy (non-hydrogen) atoms. The molecule has 0 fully saturated rings. The summed E-state index contributed by atoms with van der Waals surface area (Å²) in [4.78, 5) is 0. The lowest BCUT2D eigenvalue weighted by atomic mass is 10.1. The summed E-state index contributed by atoms with van der Waals surface area (Å²) in [6.45, 7) is 2.01. The molecular formula is C14H12BrClFN. The lowest BCUT2D eigenvalue weighted by Gasteiger charge is -2.16. The third kappa shape index (κ3) is 3.24. The number of halogens is 3. The van der Waals surface area contributed by atoms with Crippen LogP contribution in [-0.2, 0) is 0 Å². The van der Waals surface area contributed by atoms with Crippen molar-refractivity contribution < 1.29 is 4.39 Å². The first kappa shape index (κ1) is 13.4. The Morgan fingerprint density at radius 2 is 2.00 bits per heavy atom. The fourth-order valence-electron chi connectivity index (χ4n) is 1.69. The minimum Gasteiger partial charge on any atom is -0.378 e. The van der Waals surface area contributed by atoms with Crippen LogP contribution in [-0.4, -0.2) is 0 Å². The second-order valence-electron chi connectivity index (χ2n) is 4.05. The molecule has 0 aliphatic carbocycles. The number of anilines is 1. The topological polar surface area (TPSA) is 12.0 Å². The Morgan fingerprint density at radius 1 is 1.22 bits per heavy atom. The summed E-state index contributed by atoms with van der Waals surface area (Å²) in [6, 6.07) is 12.6. The van der Waals surface area contributed by atoms with Crippen LogP contribution in [0.3, 0.4) is 0 Å². The predicted molar refractivity (Wildman–Crippen MR) is 77.6 cm³/mol. The van der Waals surface area contributed by atoms with Crippen LogP contribution in [0.2, 0.25) is 5.02 Å². The summed E-state index contributed by atoms with van der Waals surface area (Å²) in [6.07, 6.45) is 0. The fourth-order valence-corrected chi connectivity index (χ4v) is 2.28. The van der Waals surface area contributed by atoms with Gasteiger partial charge in [0.15, 0.2) is 0 Å². The van der Waals surface area contributed by atoms with Gasteiger partial charge in [-0.1, -0.05) is 23.7 Å². The van der Waals surface area contributed by atoms with Crippen molar-refractivity contribution in [1.82, 2.24) is 0 Å². The number of hydrogen-bond acceptors (Lipinski definition) is 1. The van der Waals surface area contributed by atoms with Gasteiger partial charge in [0, 0.05) is 16.8 Å². The Labute approximate surface area is 119 Å². The van der Waals surface area contributed by atoms with Gasteiger partial charge in [-0.25, -0.2) is 4.39 Å². The maximum Gasteiger partial charge on any atom is 0.137 e. The molecule has 0 aromatic heterocycles. The Kier molecular flexibility index (Phi) is 4.25. The molecule has 2 rings (SSSR count). The van der Waals surface area contributed by atoms with E-state index in [4.69, 9.17) is 11.6 Å². The van der Waals surface area contributed by atoms with E-state index in [1.54, 1.807) is 12.1 Å². The zero-order valence-electron chi connectivity index (χ0n) is 9.75. The van der Waals surface area contributed by atoms with E-state index in [2.05, 4.69) is 21.2 Å². The van der Waals surface area contributed by atoms with Gasteiger partial charge >= 0.3 is 0 Å². The van der Waals surface area contributed by atoms with Gasteiger partial charge in [0.25, 0.3) is 0 Å². The Hall–Kier alpha value is -1.06. The van der Waals surface area contributed by atoms with E-state index in [0.29, 0.717) is 9.50 Å². The SMILES string of the molecule is CC(Nc1cccc(Cl)c1)c1ccc(F)c(Br)c1. The zero-order chi connectivity index (χ0) is 13.1. The molecule has 2 aromatic rings. The van der Waals surface area contributed by atoms with Crippen molar-refractivity contribution in [3.05, 3.63) is 63.3 Å². The molecule has 0 aliphatic heterocycles. The molecule has 0 radical (unpaired) electrons. The summed E-state index contributed by atoms with van der Waals surface area (Å²) >= 11 is 9.11. The van der Waals surface area contributed by atoms with Crippen LogP contribution >= 0.6 is 27.5 Å². The van der Waals surface area contributed by atoms with Gasteiger partial charge in [0.05, 0.1) is 4.47 Å². The summed E-state index contributed by atoms with van der Waals surface area (Å²) in [5.41, 5.74) is 1.94. The highest BCUT2D eigenvalue weighted by molar-refractivity contribution is 9.10. The lowest BCUT2D eigenvalue weighted by Crippen LogP contribution is -2.06. The van der Waals surface area contributed by atoms with Crippen molar-refractivity contribution in [2.45, 2.75) is 13.0 Å². The quantitative estimate of drug-likeness (QED) is 0.794. The molecular weight excluding hydrogens is 317 g/mol. The summed E-state index contributed by atoms with van der Waals surface area (Å²) in [5, 5.41) is 4.01. The Morgan fingerprint density at radius 3 is 2.67 bits per heavy atom. The van der Waals surface area contributed by atoms with E-state index >= 15 is 0 Å². The molecule has 0 bridgehead atoms. The van der Waals surface area contributed by atoms with E-state index in [-0.39, 0.29) is 11.9 Å². The van der Waals surface area contributed by atoms with E-state index in [1.807, 2.05) is 31.2 Å². The van der Waals surface area contributed by atoms with Gasteiger partial charge in [-0.2, -0.15) is 0 Å². The molecule has 1 atom stereocenters. The van der Waals surface area contributed by atoms with Gasteiger partial charge in [-0.05, 0) is 58.7 Å². The first-order valence-electron chi connectivity index (χ1n) is 5.53. The smallest absolute Gasteiger partial charge is 0.137 e. The van der Waals surface area contributed by atoms with Gasteiger partial charge < -0.3 is 5.32 Å². The highest BCUT2D eigenvalue weighted by atomic mass is 79.9. The molecule has 0 heterocycles. The van der Waals surface area contributed by atoms with Crippen molar-refractivity contribution in [3.63, 3.8) is 0 Å². The second kappa shape index (κ2) is 5.72. The van der Waals surface area contributed by atoms with Crippen molar-refractivity contribution in [1.29, 1.82) is 0 Å². The summed E-state index contributed by atoms with van der Waals surface area (Å²) in [7, 11) is 0. The largest absolute Gasteiger partial charge is 0.378 e. The lowest BCUT2D eigenvalue weighted by molar-refractivity contribution is 0.619. The van der Waals surface area contributed by atoms with Crippen LogP contribution in [0.1, 0.15) is 18.5 Å². The van der Waals surface area contributed by atoms with E-state index in [1.165, 1.54) is 6.07 Å². The number of benzene rings is 2. The minimum absolute atomic E-state index is 0.0698. The Balaban J connectivity index is 2.16. The average Bonchev–Trinajstić information content (AvgIpc) is 2.32. The molecule has 1 N–H and O–H groups in total. The second-order valence-corrected chi connectivity index (χ2v) is 5.34. The van der Waals surface area contributed by atoms with Crippen LogP contribution in [0.25, 0.3) is 0 Å². The van der Waals surface area contributed by atoms with Gasteiger partial charge in [0.2, 0.25) is 0 Å². The van der Waals surface area contributed by atoms with E-state index in [9.17, 15) is 4.39 Å². The van der Waals surface area contributed by atoms with E-state index in [0.717, 1.165) is 11.3 Å². The standard InChI is InChI=1S/C14H12BrClFN/c1-9(10-5-6-14(17)13(15)7-10)18-12-4-2-3-11(16)8-12/h2-9,18H,1H3. The molecule has 0 saturated carbocycles. The predicted octanol–water partition coefficient (Wildman–Crippen LogP) is 5.41. The molecule has 1 unspecified atom stereocenters. The van der Waals surface area contributed by atoms with Crippen LogP contribution < -0.4 is 5.32 Å². The first-order valence-corrected chi connectivity index (χ1v) is 6.70. The number of nitrogens with one attached hydrogen (secondary N) is 1. The van der Waals surface area contributed by atoms with Crippen molar-refractivity contribution in [2.75, 3.05) is 5.32 Å². The maximum absolute atomic E-state index is 13.2. The number of rotatable bonds is 3. The summed E-state index contributed by atoms with van der Waals surface area (Å²) in [5.74, 6) is -0.256. The molecule has 0 amide bonds. The third-order valence-electron chi connectivity index (χ3n) is 2.65. The van der Waals surface area contributed by atoms with Crippen molar-refractivity contribution in [3.8, 4) is 0 Å². The minimum atomic E-state index is -0.256. The third-order valence-corrected chi connectivity index (χ3v) is 3.49. The Bertz CT molecular complexity index is 559. The molecule has 0 spiro atoms. The highest BCUT2D eigenvalue weighted by Gasteiger charge is 2.08. The normalized spacial score (nSPS) is 12.2. The molecule has 0 saturated heterocycles. The van der Waals surface area contributed by atoms with Crippen LogP contribution in [0.4, 0.5) is 10.1 Å². The maximum atomic E-state index is 13.2. The average molecular weight is 329 g/mol. The van der Waals surface area contributed by atoms with Gasteiger partial charge in [-0.15, -0.1) is 0 Å². The fraction of sp³-hybridized carbons (Fsp3) is 0.143. The zero-order valence-corrected chi connectivity index (χ0v) is 12.1.